The standard InChI is InChI=1S/C9H9ClN4S/c1-6-8(10)12-4-13-9(6)11-2-7-3-15-5-14-7/h3-5H,2H2,1H3,(H,11,12,13). The van der Waals surface area contributed by atoms with E-state index in [0.717, 1.165) is 17.1 Å². The fourth-order valence-electron chi connectivity index (χ4n) is 1.11. The van der Waals surface area contributed by atoms with Gasteiger partial charge in [-0.2, -0.15) is 0 Å². The number of halogens is 1. The zero-order chi connectivity index (χ0) is 10.7. The summed E-state index contributed by atoms with van der Waals surface area (Å²) in [5.74, 6) is 0.753. The van der Waals surface area contributed by atoms with Crippen molar-refractivity contribution in [3.05, 3.63) is 33.6 Å². The molecule has 0 aliphatic rings. The van der Waals surface area contributed by atoms with Gasteiger partial charge in [0.05, 0.1) is 17.7 Å². The van der Waals surface area contributed by atoms with Crippen LogP contribution in [-0.2, 0) is 6.54 Å². The van der Waals surface area contributed by atoms with E-state index < -0.39 is 0 Å². The van der Waals surface area contributed by atoms with E-state index in [2.05, 4.69) is 20.3 Å². The number of rotatable bonds is 3. The zero-order valence-corrected chi connectivity index (χ0v) is 9.64. The van der Waals surface area contributed by atoms with E-state index in [9.17, 15) is 0 Å². The molecule has 78 valence electrons. The molecule has 2 heterocycles. The summed E-state index contributed by atoms with van der Waals surface area (Å²) in [4.78, 5) is 12.2. The molecule has 0 radical (unpaired) electrons. The lowest BCUT2D eigenvalue weighted by molar-refractivity contribution is 1.03. The van der Waals surface area contributed by atoms with Gasteiger partial charge in [0, 0.05) is 10.9 Å². The van der Waals surface area contributed by atoms with Crippen molar-refractivity contribution in [3.63, 3.8) is 0 Å². The van der Waals surface area contributed by atoms with E-state index >= 15 is 0 Å². The molecule has 15 heavy (non-hydrogen) atoms. The van der Waals surface area contributed by atoms with Crippen molar-refractivity contribution >= 4 is 28.8 Å². The Bertz CT molecular complexity index is 443. The lowest BCUT2D eigenvalue weighted by atomic mass is 10.3. The van der Waals surface area contributed by atoms with Gasteiger partial charge >= 0.3 is 0 Å². The Morgan fingerprint density at radius 2 is 2.27 bits per heavy atom. The van der Waals surface area contributed by atoms with Gasteiger partial charge in [0.2, 0.25) is 0 Å². The Morgan fingerprint density at radius 1 is 1.40 bits per heavy atom. The molecule has 0 spiro atoms. The number of anilines is 1. The van der Waals surface area contributed by atoms with Crippen molar-refractivity contribution in [2.75, 3.05) is 5.32 Å². The highest BCUT2D eigenvalue weighted by molar-refractivity contribution is 7.07. The topological polar surface area (TPSA) is 50.7 Å². The molecule has 2 rings (SSSR count). The number of hydrogen-bond donors (Lipinski definition) is 1. The van der Waals surface area contributed by atoms with E-state index in [1.807, 2.05) is 12.3 Å². The summed E-state index contributed by atoms with van der Waals surface area (Å²) >= 11 is 7.44. The smallest absolute Gasteiger partial charge is 0.137 e. The first-order valence-electron chi connectivity index (χ1n) is 4.35. The average molecular weight is 241 g/mol. The van der Waals surface area contributed by atoms with Crippen LogP contribution in [0.5, 0.6) is 0 Å². The van der Waals surface area contributed by atoms with Crippen molar-refractivity contribution < 1.29 is 0 Å². The van der Waals surface area contributed by atoms with Gasteiger partial charge in [0.25, 0.3) is 0 Å². The Kier molecular flexibility index (Phi) is 3.13. The summed E-state index contributed by atoms with van der Waals surface area (Å²) < 4.78 is 0. The molecule has 0 bridgehead atoms. The molecule has 0 aromatic carbocycles. The van der Waals surface area contributed by atoms with Crippen LogP contribution in [0.1, 0.15) is 11.3 Å². The Morgan fingerprint density at radius 3 is 3.00 bits per heavy atom. The third kappa shape index (κ3) is 2.43. The molecule has 0 saturated heterocycles. The van der Waals surface area contributed by atoms with Crippen LogP contribution in [0.2, 0.25) is 5.15 Å². The van der Waals surface area contributed by atoms with Gasteiger partial charge in [-0.05, 0) is 6.92 Å². The summed E-state index contributed by atoms with van der Waals surface area (Å²) in [7, 11) is 0. The van der Waals surface area contributed by atoms with Gasteiger partial charge in [0.15, 0.2) is 0 Å². The normalized spacial score (nSPS) is 10.3. The molecule has 0 unspecified atom stereocenters. The summed E-state index contributed by atoms with van der Waals surface area (Å²) in [6, 6.07) is 0. The van der Waals surface area contributed by atoms with Crippen LogP contribution in [0.3, 0.4) is 0 Å². The quantitative estimate of drug-likeness (QED) is 0.838. The van der Waals surface area contributed by atoms with Gasteiger partial charge in [-0.15, -0.1) is 11.3 Å². The predicted octanol–water partition coefficient (Wildman–Crippen LogP) is 2.51. The summed E-state index contributed by atoms with van der Waals surface area (Å²) in [5, 5.41) is 5.63. The molecule has 6 heteroatoms. The number of nitrogens with zero attached hydrogens (tertiary/aromatic N) is 3. The molecule has 1 N–H and O–H groups in total. The second-order valence-corrected chi connectivity index (χ2v) is 4.05. The van der Waals surface area contributed by atoms with E-state index in [0.29, 0.717) is 11.7 Å². The molecular formula is C9H9ClN4S. The second kappa shape index (κ2) is 4.55. The van der Waals surface area contributed by atoms with Crippen LogP contribution >= 0.6 is 22.9 Å². The SMILES string of the molecule is Cc1c(Cl)ncnc1NCc1cscn1. The molecule has 2 aromatic heterocycles. The molecule has 2 aromatic rings. The lowest BCUT2D eigenvalue weighted by Crippen LogP contribution is -2.04. The van der Waals surface area contributed by atoms with Crippen LogP contribution in [0.15, 0.2) is 17.2 Å². The maximum Gasteiger partial charge on any atom is 0.137 e. The molecule has 0 saturated carbocycles. The monoisotopic (exact) mass is 240 g/mol. The number of aromatic nitrogens is 3. The van der Waals surface area contributed by atoms with Crippen LogP contribution in [-0.4, -0.2) is 15.0 Å². The van der Waals surface area contributed by atoms with E-state index in [1.54, 1.807) is 16.8 Å². The Balaban J connectivity index is 2.08. The molecule has 0 fully saturated rings. The molecular weight excluding hydrogens is 232 g/mol. The largest absolute Gasteiger partial charge is 0.364 e. The van der Waals surface area contributed by atoms with Crippen molar-refractivity contribution in [3.8, 4) is 0 Å². The highest BCUT2D eigenvalue weighted by atomic mass is 35.5. The van der Waals surface area contributed by atoms with Gasteiger partial charge < -0.3 is 5.32 Å². The minimum atomic E-state index is 0.478. The van der Waals surface area contributed by atoms with Gasteiger partial charge in [-0.3, -0.25) is 0 Å². The fourth-order valence-corrected chi connectivity index (χ4v) is 1.80. The fraction of sp³-hybridized carbons (Fsp3) is 0.222. The Labute approximate surface area is 96.4 Å². The highest BCUT2D eigenvalue weighted by Crippen LogP contribution is 2.18. The second-order valence-electron chi connectivity index (χ2n) is 2.97. The van der Waals surface area contributed by atoms with Crippen molar-refractivity contribution in [2.45, 2.75) is 13.5 Å². The minimum Gasteiger partial charge on any atom is -0.364 e. The third-order valence-corrected chi connectivity index (χ3v) is 2.96. The van der Waals surface area contributed by atoms with E-state index in [-0.39, 0.29) is 0 Å². The Hall–Kier alpha value is -1.20. The first kappa shape index (κ1) is 10.3. The number of thiazole rings is 1. The first-order valence-corrected chi connectivity index (χ1v) is 5.67. The molecule has 4 nitrogen and oxygen atoms in total. The maximum atomic E-state index is 5.87. The summed E-state index contributed by atoms with van der Waals surface area (Å²) in [5.41, 5.74) is 3.65. The maximum absolute atomic E-state index is 5.87. The van der Waals surface area contributed by atoms with Gasteiger partial charge in [-0.1, -0.05) is 11.6 Å². The van der Waals surface area contributed by atoms with Gasteiger partial charge in [-0.25, -0.2) is 15.0 Å². The van der Waals surface area contributed by atoms with Crippen LogP contribution in [0.25, 0.3) is 0 Å². The van der Waals surface area contributed by atoms with Crippen molar-refractivity contribution in [1.29, 1.82) is 0 Å². The van der Waals surface area contributed by atoms with Crippen LogP contribution < -0.4 is 5.32 Å². The molecule has 0 aliphatic carbocycles. The molecule has 0 atom stereocenters. The third-order valence-electron chi connectivity index (χ3n) is 1.94. The van der Waals surface area contributed by atoms with Crippen molar-refractivity contribution in [1.82, 2.24) is 15.0 Å². The number of hydrogen-bond acceptors (Lipinski definition) is 5. The van der Waals surface area contributed by atoms with E-state index in [1.165, 1.54) is 6.33 Å². The van der Waals surface area contributed by atoms with E-state index in [4.69, 9.17) is 11.6 Å². The van der Waals surface area contributed by atoms with Crippen LogP contribution in [0, 0.1) is 6.92 Å². The van der Waals surface area contributed by atoms with Gasteiger partial charge in [0.1, 0.15) is 17.3 Å². The first-order chi connectivity index (χ1) is 7.27. The predicted molar refractivity (Wildman–Crippen MR) is 61.2 cm³/mol. The van der Waals surface area contributed by atoms with Crippen molar-refractivity contribution in [2.24, 2.45) is 0 Å². The summed E-state index contributed by atoms with van der Waals surface area (Å²) in [6.45, 7) is 2.53. The highest BCUT2D eigenvalue weighted by Gasteiger charge is 2.04. The van der Waals surface area contributed by atoms with Crippen LogP contribution in [0.4, 0.5) is 5.82 Å². The summed E-state index contributed by atoms with van der Waals surface area (Å²) in [6.07, 6.45) is 1.44. The number of nitrogens with one attached hydrogen (secondary N) is 1. The molecule has 0 aliphatic heterocycles. The average Bonchev–Trinajstić information content (AvgIpc) is 2.73. The zero-order valence-electron chi connectivity index (χ0n) is 8.07. The lowest BCUT2D eigenvalue weighted by Gasteiger charge is -2.06. The molecule has 0 amide bonds. The minimum absolute atomic E-state index is 0.478.